The van der Waals surface area contributed by atoms with Gasteiger partial charge < -0.3 is 15.3 Å². The van der Waals surface area contributed by atoms with Crippen LogP contribution in [0, 0.1) is 5.92 Å². The molecule has 1 fully saturated rings. The number of pyridine rings is 1. The first-order valence-electron chi connectivity index (χ1n) is 10.4. The summed E-state index contributed by atoms with van der Waals surface area (Å²) in [5.74, 6) is -0.0425. The van der Waals surface area contributed by atoms with E-state index in [1.165, 1.54) is 0 Å². The van der Waals surface area contributed by atoms with Crippen molar-refractivity contribution in [1.82, 2.24) is 20.5 Å². The van der Waals surface area contributed by atoms with Crippen LogP contribution >= 0.6 is 0 Å². The number of hydrogen-bond acceptors (Lipinski definition) is 5. The van der Waals surface area contributed by atoms with Gasteiger partial charge in [0.2, 0.25) is 5.91 Å². The summed E-state index contributed by atoms with van der Waals surface area (Å²) >= 11 is 0. The average molecular weight is 403 g/mol. The van der Waals surface area contributed by atoms with Crippen molar-refractivity contribution in [2.45, 2.75) is 30.9 Å². The molecule has 0 unspecified atom stereocenters. The lowest BCUT2D eigenvalue weighted by atomic mass is 9.78. The van der Waals surface area contributed by atoms with Gasteiger partial charge in [-0.2, -0.15) is 5.10 Å². The third-order valence-electron chi connectivity index (χ3n) is 6.42. The number of aliphatic hydroxyl groups is 1. The van der Waals surface area contributed by atoms with Gasteiger partial charge in [-0.3, -0.25) is 9.89 Å². The van der Waals surface area contributed by atoms with Crippen LogP contribution in [0.25, 0.3) is 11.0 Å². The summed E-state index contributed by atoms with van der Waals surface area (Å²) in [6, 6.07) is 11.8. The number of anilines is 1. The molecule has 30 heavy (non-hydrogen) atoms. The Balaban J connectivity index is 1.45. The zero-order chi connectivity index (χ0) is 20.6. The van der Waals surface area contributed by atoms with E-state index in [0.29, 0.717) is 19.5 Å². The molecule has 5 rings (SSSR count). The summed E-state index contributed by atoms with van der Waals surface area (Å²) in [5, 5.41) is 22.6. The minimum atomic E-state index is -0.806. The van der Waals surface area contributed by atoms with Gasteiger partial charge >= 0.3 is 0 Å². The third kappa shape index (κ3) is 3.15. The van der Waals surface area contributed by atoms with Crippen LogP contribution in [-0.2, 0) is 10.3 Å². The molecule has 1 saturated heterocycles. The number of aromatic amines is 1. The number of fused-ring (bicyclic) bond motifs is 1. The number of piperidine rings is 1. The van der Waals surface area contributed by atoms with Gasteiger partial charge in [-0.05, 0) is 30.9 Å². The molecule has 1 aliphatic heterocycles. The first-order chi connectivity index (χ1) is 14.7. The predicted octanol–water partition coefficient (Wildman–Crippen LogP) is 2.51. The number of hydrogen-bond donors (Lipinski definition) is 3. The molecule has 3 heterocycles. The number of carbonyl (C=O) groups excluding carboxylic acids is 1. The van der Waals surface area contributed by atoms with E-state index in [1.807, 2.05) is 36.4 Å². The Morgan fingerprint density at radius 2 is 2.00 bits per heavy atom. The average Bonchev–Trinajstić information content (AvgIpc) is 3.48. The molecule has 0 spiro atoms. The molecule has 1 aromatic carbocycles. The van der Waals surface area contributed by atoms with Crippen LogP contribution in [0.5, 0.6) is 0 Å². The van der Waals surface area contributed by atoms with Gasteiger partial charge in [0, 0.05) is 25.2 Å². The van der Waals surface area contributed by atoms with E-state index in [0.717, 1.165) is 35.1 Å². The summed E-state index contributed by atoms with van der Waals surface area (Å²) < 4.78 is 0. The fraction of sp³-hybridized carbons (Fsp3) is 0.348. The summed E-state index contributed by atoms with van der Waals surface area (Å²) in [6.45, 7) is 1.10. The molecule has 2 aromatic heterocycles. The topological polar surface area (TPSA) is 94.1 Å². The van der Waals surface area contributed by atoms with E-state index in [-0.39, 0.29) is 11.8 Å². The number of rotatable bonds is 4. The summed E-state index contributed by atoms with van der Waals surface area (Å²) in [4.78, 5) is 19.5. The Morgan fingerprint density at radius 1 is 1.20 bits per heavy atom. The van der Waals surface area contributed by atoms with E-state index in [1.54, 1.807) is 12.4 Å². The molecule has 0 radical (unpaired) electrons. The highest BCUT2D eigenvalue weighted by molar-refractivity contribution is 5.88. The molecule has 7 nitrogen and oxygen atoms in total. The molecule has 2 atom stereocenters. The second-order valence-electron chi connectivity index (χ2n) is 8.14. The number of β-amino-alcohol motifs (C(OH)–C–C–N with tert-alkyl or cyclic N) is 1. The molecule has 1 amide bonds. The quantitative estimate of drug-likeness (QED) is 0.582. The van der Waals surface area contributed by atoms with Crippen LogP contribution < -0.4 is 10.2 Å². The smallest absolute Gasteiger partial charge is 0.224 e. The molecule has 3 aromatic rings. The Hall–Kier alpha value is -3.19. The molecular formula is C23H25N5O2. The van der Waals surface area contributed by atoms with Crippen molar-refractivity contribution in [3.8, 4) is 0 Å². The normalized spacial score (nSPS) is 24.4. The zero-order valence-corrected chi connectivity index (χ0v) is 16.7. The SMILES string of the molecule is O=C(N[C@@]1(c2ccccc2)CCN(c2ccnc3[nH]ncc23)C[C@H]1O)C1CC=CC1. The monoisotopic (exact) mass is 403 g/mol. The number of H-pyrrole nitrogens is 1. The van der Waals surface area contributed by atoms with Crippen LogP contribution in [0.1, 0.15) is 24.8 Å². The highest BCUT2D eigenvalue weighted by Gasteiger charge is 2.46. The van der Waals surface area contributed by atoms with Crippen molar-refractivity contribution >= 4 is 22.6 Å². The third-order valence-corrected chi connectivity index (χ3v) is 6.42. The van der Waals surface area contributed by atoms with Crippen molar-refractivity contribution in [2.75, 3.05) is 18.0 Å². The second kappa shape index (κ2) is 7.57. The summed E-state index contributed by atoms with van der Waals surface area (Å²) in [6.07, 6.45) is 8.97. The number of allylic oxidation sites excluding steroid dienone is 2. The van der Waals surface area contributed by atoms with Gasteiger partial charge in [0.1, 0.15) is 0 Å². The van der Waals surface area contributed by atoms with Crippen molar-refractivity contribution in [2.24, 2.45) is 5.92 Å². The van der Waals surface area contributed by atoms with Crippen LogP contribution in [0.15, 0.2) is 60.9 Å². The van der Waals surface area contributed by atoms with E-state index in [9.17, 15) is 9.90 Å². The molecule has 3 N–H and O–H groups in total. The van der Waals surface area contributed by atoms with Crippen molar-refractivity contribution < 1.29 is 9.90 Å². The van der Waals surface area contributed by atoms with Crippen molar-refractivity contribution in [1.29, 1.82) is 0 Å². The van der Waals surface area contributed by atoms with Gasteiger partial charge in [0.25, 0.3) is 0 Å². The Morgan fingerprint density at radius 3 is 2.77 bits per heavy atom. The van der Waals surface area contributed by atoms with Gasteiger partial charge in [0.15, 0.2) is 5.65 Å². The Bertz CT molecular complexity index is 1070. The fourth-order valence-corrected chi connectivity index (χ4v) is 4.71. The highest BCUT2D eigenvalue weighted by atomic mass is 16.3. The van der Waals surface area contributed by atoms with Gasteiger partial charge in [-0.15, -0.1) is 0 Å². The number of carbonyl (C=O) groups is 1. The standard InChI is InChI=1S/C23H25N5O2/c29-20-15-28(19-10-12-24-21-18(19)14-25-27-21)13-11-23(20,17-8-2-1-3-9-17)26-22(30)16-6-4-5-7-16/h1-5,8-10,12,14,16,20,29H,6-7,11,13,15H2,(H,26,30)(H,24,25,27)/t20-,23-/m1/s1. The number of amides is 1. The zero-order valence-electron chi connectivity index (χ0n) is 16.7. The lowest BCUT2D eigenvalue weighted by molar-refractivity contribution is -0.129. The fourth-order valence-electron chi connectivity index (χ4n) is 4.71. The molecular weight excluding hydrogens is 378 g/mol. The van der Waals surface area contributed by atoms with E-state index in [4.69, 9.17) is 0 Å². The Kier molecular flexibility index (Phi) is 4.75. The number of nitrogens with zero attached hydrogens (tertiary/aromatic N) is 3. The lowest BCUT2D eigenvalue weighted by Crippen LogP contribution is -2.62. The molecule has 7 heteroatoms. The van der Waals surface area contributed by atoms with Crippen LogP contribution in [0.2, 0.25) is 0 Å². The van der Waals surface area contributed by atoms with Crippen LogP contribution in [-0.4, -0.2) is 45.4 Å². The number of benzene rings is 1. The maximum absolute atomic E-state index is 13.0. The van der Waals surface area contributed by atoms with Crippen LogP contribution in [0.3, 0.4) is 0 Å². The van der Waals surface area contributed by atoms with E-state index >= 15 is 0 Å². The van der Waals surface area contributed by atoms with Crippen molar-refractivity contribution in [3.63, 3.8) is 0 Å². The molecule has 2 aliphatic rings. The first-order valence-corrected chi connectivity index (χ1v) is 10.4. The Labute approximate surface area is 174 Å². The van der Waals surface area contributed by atoms with Gasteiger partial charge in [-0.1, -0.05) is 42.5 Å². The minimum absolute atomic E-state index is 0.0116. The summed E-state index contributed by atoms with van der Waals surface area (Å²) in [5.41, 5.74) is 1.85. The number of aliphatic hydroxyl groups excluding tert-OH is 1. The molecule has 154 valence electrons. The maximum Gasteiger partial charge on any atom is 0.224 e. The second-order valence-corrected chi connectivity index (χ2v) is 8.14. The van der Waals surface area contributed by atoms with Gasteiger partial charge in [0.05, 0.1) is 28.9 Å². The van der Waals surface area contributed by atoms with Crippen LogP contribution in [0.4, 0.5) is 5.69 Å². The summed E-state index contributed by atoms with van der Waals surface area (Å²) in [7, 11) is 0. The maximum atomic E-state index is 13.0. The largest absolute Gasteiger partial charge is 0.388 e. The lowest BCUT2D eigenvalue weighted by Gasteiger charge is -2.47. The van der Waals surface area contributed by atoms with Crippen molar-refractivity contribution in [3.05, 3.63) is 66.5 Å². The van der Waals surface area contributed by atoms with E-state index in [2.05, 4.69) is 37.6 Å². The highest BCUT2D eigenvalue weighted by Crippen LogP contribution is 2.37. The molecule has 0 bridgehead atoms. The number of nitrogens with one attached hydrogen (secondary N) is 2. The van der Waals surface area contributed by atoms with Gasteiger partial charge in [-0.25, -0.2) is 4.98 Å². The first kappa shape index (κ1) is 18.8. The number of aromatic nitrogens is 3. The predicted molar refractivity (Wildman–Crippen MR) is 115 cm³/mol. The minimum Gasteiger partial charge on any atom is -0.388 e. The molecule has 1 aliphatic carbocycles. The van der Waals surface area contributed by atoms with E-state index < -0.39 is 11.6 Å². The molecule has 0 saturated carbocycles.